The van der Waals surface area contributed by atoms with Crippen molar-refractivity contribution in [2.24, 2.45) is 5.92 Å². The highest BCUT2D eigenvalue weighted by Crippen LogP contribution is 2.16. The van der Waals surface area contributed by atoms with E-state index >= 15 is 0 Å². The smallest absolute Gasteiger partial charge is 0.243 e. The van der Waals surface area contributed by atoms with E-state index in [0.717, 1.165) is 25.3 Å². The van der Waals surface area contributed by atoms with E-state index in [9.17, 15) is 0 Å². The summed E-state index contributed by atoms with van der Waals surface area (Å²) in [5.41, 5.74) is 0. The number of nitrogens with zero attached hydrogens (tertiary/aromatic N) is 2. The lowest BCUT2D eigenvalue weighted by atomic mass is 9.96. The van der Waals surface area contributed by atoms with Crippen molar-refractivity contribution in [2.75, 3.05) is 20.1 Å². The Hall–Kier alpha value is -0.940. The minimum atomic E-state index is 0.130. The Bertz CT molecular complexity index is 320. The molecule has 0 amide bonds. The van der Waals surface area contributed by atoms with E-state index in [4.69, 9.17) is 4.52 Å². The van der Waals surface area contributed by atoms with Gasteiger partial charge in [-0.05, 0) is 45.8 Å². The van der Waals surface area contributed by atoms with Gasteiger partial charge in [-0.1, -0.05) is 5.16 Å². The predicted octanol–water partition coefficient (Wildman–Crippen LogP) is 0.892. The molecule has 0 spiro atoms. The maximum Gasteiger partial charge on any atom is 0.243 e. The fourth-order valence-corrected chi connectivity index (χ4v) is 2.01. The Balaban J connectivity index is 1.91. The van der Waals surface area contributed by atoms with Gasteiger partial charge in [-0.15, -0.1) is 0 Å². The van der Waals surface area contributed by atoms with Crippen molar-refractivity contribution >= 4 is 0 Å². The largest absolute Gasteiger partial charge is 0.338 e. The summed E-state index contributed by atoms with van der Waals surface area (Å²) in [5.74, 6) is 2.18. The molecule has 0 radical (unpaired) electrons. The molecule has 5 heteroatoms. The van der Waals surface area contributed by atoms with Gasteiger partial charge >= 0.3 is 0 Å². The van der Waals surface area contributed by atoms with Gasteiger partial charge in [0, 0.05) is 6.42 Å². The molecule has 0 saturated carbocycles. The molecular weight excluding hydrogens is 204 g/mol. The molecule has 2 rings (SSSR count). The van der Waals surface area contributed by atoms with Crippen LogP contribution in [-0.2, 0) is 6.42 Å². The molecular formula is C11H20N4O. The van der Waals surface area contributed by atoms with Crippen LogP contribution in [0.1, 0.15) is 37.5 Å². The van der Waals surface area contributed by atoms with Crippen LogP contribution in [0.3, 0.4) is 0 Å². The maximum absolute atomic E-state index is 5.21. The number of piperidine rings is 1. The summed E-state index contributed by atoms with van der Waals surface area (Å²) in [6.45, 7) is 4.23. The standard InChI is InChI=1S/C11H20N4O/c1-8(12-2)11-14-10(15-16-11)6-9-4-3-5-13-7-9/h8-9,12-13H,3-7H2,1-2H3. The number of rotatable bonds is 4. The first kappa shape index (κ1) is 11.5. The highest BCUT2D eigenvalue weighted by molar-refractivity contribution is 4.93. The van der Waals surface area contributed by atoms with Crippen molar-refractivity contribution in [3.8, 4) is 0 Å². The summed E-state index contributed by atoms with van der Waals surface area (Å²) in [6.07, 6.45) is 3.44. The molecule has 2 heterocycles. The zero-order valence-corrected chi connectivity index (χ0v) is 9.99. The first-order valence-corrected chi connectivity index (χ1v) is 6.00. The van der Waals surface area contributed by atoms with Crippen molar-refractivity contribution in [1.29, 1.82) is 0 Å². The third-order valence-corrected chi connectivity index (χ3v) is 3.16. The molecule has 1 aliphatic heterocycles. The SMILES string of the molecule is CNC(C)c1nc(CC2CCCNC2)no1. The summed E-state index contributed by atoms with van der Waals surface area (Å²) in [5, 5.41) is 10.5. The van der Waals surface area contributed by atoms with Crippen LogP contribution >= 0.6 is 0 Å². The van der Waals surface area contributed by atoms with Crippen LogP contribution < -0.4 is 10.6 Å². The summed E-state index contributed by atoms with van der Waals surface area (Å²) in [4.78, 5) is 4.41. The van der Waals surface area contributed by atoms with E-state index in [1.807, 2.05) is 14.0 Å². The molecule has 2 atom stereocenters. The van der Waals surface area contributed by atoms with Crippen LogP contribution in [0.2, 0.25) is 0 Å². The van der Waals surface area contributed by atoms with Gasteiger partial charge in [-0.25, -0.2) is 0 Å². The third-order valence-electron chi connectivity index (χ3n) is 3.16. The summed E-state index contributed by atoms with van der Waals surface area (Å²) in [6, 6.07) is 0.130. The van der Waals surface area contributed by atoms with Crippen molar-refractivity contribution < 1.29 is 4.52 Å². The highest BCUT2D eigenvalue weighted by Gasteiger charge is 2.18. The van der Waals surface area contributed by atoms with E-state index in [1.165, 1.54) is 12.8 Å². The van der Waals surface area contributed by atoms with E-state index in [1.54, 1.807) is 0 Å². The van der Waals surface area contributed by atoms with E-state index in [0.29, 0.717) is 11.8 Å². The molecule has 0 bridgehead atoms. The molecule has 0 aromatic carbocycles. The van der Waals surface area contributed by atoms with Crippen LogP contribution in [-0.4, -0.2) is 30.3 Å². The Morgan fingerprint density at radius 2 is 2.50 bits per heavy atom. The van der Waals surface area contributed by atoms with E-state index in [2.05, 4.69) is 20.8 Å². The monoisotopic (exact) mass is 224 g/mol. The molecule has 90 valence electrons. The van der Waals surface area contributed by atoms with E-state index in [-0.39, 0.29) is 6.04 Å². The fraction of sp³-hybridized carbons (Fsp3) is 0.818. The normalized spacial score (nSPS) is 23.2. The highest BCUT2D eigenvalue weighted by atomic mass is 16.5. The molecule has 16 heavy (non-hydrogen) atoms. The van der Waals surface area contributed by atoms with Crippen molar-refractivity contribution in [3.63, 3.8) is 0 Å². The Labute approximate surface area is 96.0 Å². The van der Waals surface area contributed by atoms with Crippen LogP contribution in [0.15, 0.2) is 4.52 Å². The molecule has 1 aromatic heterocycles. The molecule has 1 aromatic rings. The number of hydrogen-bond acceptors (Lipinski definition) is 5. The van der Waals surface area contributed by atoms with Gasteiger partial charge in [-0.3, -0.25) is 0 Å². The third kappa shape index (κ3) is 2.80. The van der Waals surface area contributed by atoms with Gasteiger partial charge in [0.2, 0.25) is 5.89 Å². The predicted molar refractivity (Wildman–Crippen MR) is 61.1 cm³/mol. The van der Waals surface area contributed by atoms with Gasteiger partial charge in [0.25, 0.3) is 0 Å². The van der Waals surface area contributed by atoms with Gasteiger partial charge in [0.1, 0.15) is 0 Å². The van der Waals surface area contributed by atoms with Crippen LogP contribution in [0.5, 0.6) is 0 Å². The van der Waals surface area contributed by atoms with E-state index < -0.39 is 0 Å². The first-order valence-electron chi connectivity index (χ1n) is 6.00. The van der Waals surface area contributed by atoms with Crippen LogP contribution in [0.25, 0.3) is 0 Å². The van der Waals surface area contributed by atoms with Crippen molar-refractivity contribution in [3.05, 3.63) is 11.7 Å². The minimum absolute atomic E-state index is 0.130. The number of hydrogen-bond donors (Lipinski definition) is 2. The van der Waals surface area contributed by atoms with Gasteiger partial charge in [-0.2, -0.15) is 4.98 Å². The Kier molecular flexibility index (Phi) is 3.90. The lowest BCUT2D eigenvalue weighted by Gasteiger charge is -2.20. The second kappa shape index (κ2) is 5.41. The zero-order valence-electron chi connectivity index (χ0n) is 9.99. The second-order valence-corrected chi connectivity index (χ2v) is 4.48. The average Bonchev–Trinajstić information content (AvgIpc) is 2.78. The van der Waals surface area contributed by atoms with Crippen LogP contribution in [0, 0.1) is 5.92 Å². The minimum Gasteiger partial charge on any atom is -0.338 e. The van der Waals surface area contributed by atoms with Gasteiger partial charge < -0.3 is 15.2 Å². The molecule has 5 nitrogen and oxygen atoms in total. The summed E-state index contributed by atoms with van der Waals surface area (Å²) < 4.78 is 5.21. The quantitative estimate of drug-likeness (QED) is 0.795. The lowest BCUT2D eigenvalue weighted by Crippen LogP contribution is -2.31. The molecule has 2 N–H and O–H groups in total. The maximum atomic E-state index is 5.21. The van der Waals surface area contributed by atoms with Crippen molar-refractivity contribution in [2.45, 2.75) is 32.2 Å². The second-order valence-electron chi connectivity index (χ2n) is 4.48. The van der Waals surface area contributed by atoms with Gasteiger partial charge in [0.15, 0.2) is 5.82 Å². The average molecular weight is 224 g/mol. The van der Waals surface area contributed by atoms with Crippen molar-refractivity contribution in [1.82, 2.24) is 20.8 Å². The zero-order chi connectivity index (χ0) is 11.4. The Morgan fingerprint density at radius 3 is 3.19 bits per heavy atom. The lowest BCUT2D eigenvalue weighted by molar-refractivity contribution is 0.334. The number of nitrogens with one attached hydrogen (secondary N) is 2. The van der Waals surface area contributed by atoms with Gasteiger partial charge in [0.05, 0.1) is 6.04 Å². The molecule has 1 saturated heterocycles. The van der Waals surface area contributed by atoms with Crippen LogP contribution in [0.4, 0.5) is 0 Å². The molecule has 1 aliphatic rings. The number of aromatic nitrogens is 2. The molecule has 0 aliphatic carbocycles. The summed E-state index contributed by atoms with van der Waals surface area (Å²) >= 11 is 0. The molecule has 2 unspecified atom stereocenters. The summed E-state index contributed by atoms with van der Waals surface area (Å²) in [7, 11) is 1.89. The Morgan fingerprint density at radius 1 is 1.62 bits per heavy atom. The topological polar surface area (TPSA) is 63.0 Å². The fourth-order valence-electron chi connectivity index (χ4n) is 2.01. The molecule has 1 fully saturated rings. The first-order chi connectivity index (χ1) is 7.79.